The molecule has 2 aromatic heterocycles. The van der Waals surface area contributed by atoms with Crippen molar-refractivity contribution in [2.45, 2.75) is 52.2 Å². The van der Waals surface area contributed by atoms with E-state index in [1.165, 1.54) is 0 Å². The van der Waals surface area contributed by atoms with Crippen molar-refractivity contribution in [3.05, 3.63) is 18.1 Å². The van der Waals surface area contributed by atoms with Crippen molar-refractivity contribution in [3.8, 4) is 0 Å². The zero-order valence-electron chi connectivity index (χ0n) is 14.4. The van der Waals surface area contributed by atoms with Gasteiger partial charge in [0.2, 0.25) is 0 Å². The third kappa shape index (κ3) is 2.07. The number of rotatable bonds is 4. The van der Waals surface area contributed by atoms with E-state index < -0.39 is 0 Å². The lowest BCUT2D eigenvalue weighted by Crippen LogP contribution is -2.66. The molecule has 6 nitrogen and oxygen atoms in total. The first-order valence-electron chi connectivity index (χ1n) is 8.58. The van der Waals surface area contributed by atoms with Crippen molar-refractivity contribution >= 4 is 11.6 Å². The van der Waals surface area contributed by atoms with Crippen LogP contribution < -0.4 is 4.90 Å². The summed E-state index contributed by atoms with van der Waals surface area (Å²) < 4.78 is 7.80. The zero-order chi connectivity index (χ0) is 16.2. The lowest BCUT2D eigenvalue weighted by molar-refractivity contribution is -0.101. The standard InChI is InChI=1S/C17H25N5O/c1-5-6-11-9-13(22-16(20-11)18-10-19-22)21(4)14-12-7-8-23-15(12)17(14,2)3/h9-10,12,14-15H,5-8H2,1-4H3/t12-,14+,15-/m0/s1. The molecule has 0 unspecified atom stereocenters. The van der Waals surface area contributed by atoms with Gasteiger partial charge in [0.25, 0.3) is 5.78 Å². The number of aryl methyl sites for hydroxylation is 1. The van der Waals surface area contributed by atoms with Gasteiger partial charge in [-0.25, -0.2) is 4.98 Å². The Hall–Kier alpha value is -1.69. The van der Waals surface area contributed by atoms with Gasteiger partial charge < -0.3 is 9.64 Å². The van der Waals surface area contributed by atoms with E-state index in [0.717, 1.165) is 37.4 Å². The van der Waals surface area contributed by atoms with Crippen molar-refractivity contribution in [1.82, 2.24) is 19.6 Å². The number of hydrogen-bond acceptors (Lipinski definition) is 5. The van der Waals surface area contributed by atoms with Crippen LogP contribution in [0.5, 0.6) is 0 Å². The number of hydrogen-bond donors (Lipinski definition) is 0. The van der Waals surface area contributed by atoms with Crippen LogP contribution in [-0.4, -0.2) is 45.4 Å². The summed E-state index contributed by atoms with van der Waals surface area (Å²) in [6.07, 6.45) is 5.17. The van der Waals surface area contributed by atoms with Crippen LogP contribution in [0, 0.1) is 11.3 Å². The van der Waals surface area contributed by atoms with Crippen LogP contribution in [0.25, 0.3) is 5.78 Å². The molecule has 0 radical (unpaired) electrons. The van der Waals surface area contributed by atoms with Crippen molar-refractivity contribution in [2.24, 2.45) is 11.3 Å². The summed E-state index contributed by atoms with van der Waals surface area (Å²) in [6.45, 7) is 7.69. The molecule has 3 atom stereocenters. The Kier molecular flexibility index (Phi) is 3.34. The Morgan fingerprint density at radius 3 is 3.04 bits per heavy atom. The third-order valence-electron chi connectivity index (χ3n) is 5.61. The molecule has 124 valence electrons. The van der Waals surface area contributed by atoms with Crippen LogP contribution in [-0.2, 0) is 11.2 Å². The van der Waals surface area contributed by atoms with Crippen LogP contribution in [0.15, 0.2) is 12.4 Å². The molecule has 0 bridgehead atoms. The molecule has 4 rings (SSSR count). The Bertz CT molecular complexity index is 725. The van der Waals surface area contributed by atoms with Crippen molar-refractivity contribution < 1.29 is 4.74 Å². The number of nitrogens with zero attached hydrogens (tertiary/aromatic N) is 5. The maximum Gasteiger partial charge on any atom is 0.254 e. The predicted octanol–water partition coefficient (Wildman–Crippen LogP) is 2.33. The van der Waals surface area contributed by atoms with Crippen LogP contribution in [0.3, 0.4) is 0 Å². The van der Waals surface area contributed by atoms with E-state index in [2.05, 4.69) is 53.9 Å². The lowest BCUT2D eigenvalue weighted by atomic mass is 9.57. The van der Waals surface area contributed by atoms with Gasteiger partial charge in [0.15, 0.2) is 0 Å². The number of fused-ring (bicyclic) bond motifs is 2. The maximum absolute atomic E-state index is 5.94. The van der Waals surface area contributed by atoms with Crippen molar-refractivity contribution in [1.29, 1.82) is 0 Å². The van der Waals surface area contributed by atoms with Gasteiger partial charge in [-0.3, -0.25) is 0 Å². The van der Waals surface area contributed by atoms with Gasteiger partial charge in [-0.1, -0.05) is 27.2 Å². The molecule has 0 N–H and O–H groups in total. The average Bonchev–Trinajstić information content (AvgIpc) is 3.13. The van der Waals surface area contributed by atoms with E-state index >= 15 is 0 Å². The molecule has 2 aromatic rings. The molecule has 1 aliphatic carbocycles. The number of anilines is 1. The molecule has 2 fully saturated rings. The molecule has 1 aliphatic heterocycles. The van der Waals surface area contributed by atoms with Crippen LogP contribution in [0.2, 0.25) is 0 Å². The summed E-state index contributed by atoms with van der Waals surface area (Å²) in [5.41, 5.74) is 1.24. The highest BCUT2D eigenvalue weighted by molar-refractivity contribution is 5.49. The molecule has 3 heterocycles. The first-order valence-corrected chi connectivity index (χ1v) is 8.58. The minimum atomic E-state index is 0.150. The number of ether oxygens (including phenoxy) is 1. The van der Waals surface area contributed by atoms with Crippen molar-refractivity contribution in [3.63, 3.8) is 0 Å². The minimum absolute atomic E-state index is 0.150. The second-order valence-electron chi connectivity index (χ2n) is 7.45. The van der Waals surface area contributed by atoms with Crippen LogP contribution in [0.1, 0.15) is 39.3 Å². The Balaban J connectivity index is 1.74. The summed E-state index contributed by atoms with van der Waals surface area (Å²) in [4.78, 5) is 11.3. The summed E-state index contributed by atoms with van der Waals surface area (Å²) in [5.74, 6) is 2.38. The van der Waals surface area contributed by atoms with Gasteiger partial charge >= 0.3 is 0 Å². The SMILES string of the molecule is CCCc1cc(N(C)[C@@H]2[C@@H]3CCO[C@@H]3C2(C)C)n2ncnc2n1. The molecule has 2 aliphatic rings. The first kappa shape index (κ1) is 14.9. The second-order valence-corrected chi connectivity index (χ2v) is 7.45. The Morgan fingerprint density at radius 1 is 1.43 bits per heavy atom. The normalized spacial score (nSPS) is 28.6. The molecule has 23 heavy (non-hydrogen) atoms. The van der Waals surface area contributed by atoms with E-state index in [1.807, 2.05) is 4.52 Å². The molecular formula is C17H25N5O. The largest absolute Gasteiger partial charge is 0.377 e. The molecule has 1 saturated heterocycles. The van der Waals surface area contributed by atoms with E-state index in [4.69, 9.17) is 4.74 Å². The van der Waals surface area contributed by atoms with Gasteiger partial charge in [0.05, 0.1) is 6.10 Å². The van der Waals surface area contributed by atoms with E-state index in [9.17, 15) is 0 Å². The fraction of sp³-hybridized carbons (Fsp3) is 0.706. The quantitative estimate of drug-likeness (QED) is 0.867. The third-order valence-corrected chi connectivity index (χ3v) is 5.61. The van der Waals surface area contributed by atoms with Gasteiger partial charge in [0.1, 0.15) is 12.1 Å². The minimum Gasteiger partial charge on any atom is -0.377 e. The van der Waals surface area contributed by atoms with Gasteiger partial charge in [-0.15, -0.1) is 0 Å². The summed E-state index contributed by atoms with van der Waals surface area (Å²) in [6, 6.07) is 2.63. The fourth-order valence-electron chi connectivity index (χ4n) is 4.71. The predicted molar refractivity (Wildman–Crippen MR) is 88.6 cm³/mol. The highest BCUT2D eigenvalue weighted by Crippen LogP contribution is 2.54. The van der Waals surface area contributed by atoms with E-state index in [1.54, 1.807) is 6.33 Å². The van der Waals surface area contributed by atoms with Crippen LogP contribution >= 0.6 is 0 Å². The van der Waals surface area contributed by atoms with E-state index in [-0.39, 0.29) is 5.41 Å². The zero-order valence-corrected chi connectivity index (χ0v) is 14.4. The van der Waals surface area contributed by atoms with Gasteiger partial charge in [-0.05, 0) is 12.8 Å². The highest BCUT2D eigenvalue weighted by Gasteiger charge is 2.61. The van der Waals surface area contributed by atoms with Crippen molar-refractivity contribution in [2.75, 3.05) is 18.6 Å². The fourth-order valence-corrected chi connectivity index (χ4v) is 4.71. The summed E-state index contributed by atoms with van der Waals surface area (Å²) >= 11 is 0. The maximum atomic E-state index is 5.94. The van der Waals surface area contributed by atoms with Gasteiger partial charge in [-0.2, -0.15) is 14.6 Å². The number of aromatic nitrogens is 4. The molecule has 0 aromatic carbocycles. The Labute approximate surface area is 136 Å². The molecular weight excluding hydrogens is 290 g/mol. The first-order chi connectivity index (χ1) is 11.0. The Morgan fingerprint density at radius 2 is 2.26 bits per heavy atom. The smallest absolute Gasteiger partial charge is 0.254 e. The second kappa shape index (κ2) is 5.16. The summed E-state index contributed by atoms with van der Waals surface area (Å²) in [5, 5.41) is 4.39. The monoisotopic (exact) mass is 315 g/mol. The van der Waals surface area contributed by atoms with E-state index in [0.29, 0.717) is 23.8 Å². The topological polar surface area (TPSA) is 55.6 Å². The van der Waals surface area contributed by atoms with Crippen LogP contribution in [0.4, 0.5) is 5.82 Å². The van der Waals surface area contributed by atoms with Gasteiger partial charge in [0, 0.05) is 42.8 Å². The molecule has 0 amide bonds. The molecule has 1 saturated carbocycles. The average molecular weight is 315 g/mol. The molecule has 6 heteroatoms. The highest BCUT2D eigenvalue weighted by atomic mass is 16.5. The molecule has 0 spiro atoms. The summed E-state index contributed by atoms with van der Waals surface area (Å²) in [7, 11) is 2.17. The lowest BCUT2D eigenvalue weighted by Gasteiger charge is -2.58.